The number of nitrogens with zero attached hydrogens (tertiary/aromatic N) is 4. The van der Waals surface area contributed by atoms with Crippen molar-refractivity contribution in [3.05, 3.63) is 40.9 Å². The summed E-state index contributed by atoms with van der Waals surface area (Å²) in [5.74, 6) is 0.994. The molecule has 0 unspecified atom stereocenters. The molecule has 0 saturated carbocycles. The summed E-state index contributed by atoms with van der Waals surface area (Å²) in [5, 5.41) is 8.85. The third-order valence-corrected chi connectivity index (χ3v) is 3.81. The van der Waals surface area contributed by atoms with Gasteiger partial charge in [0.2, 0.25) is 0 Å². The molecule has 0 aliphatic carbocycles. The molecule has 0 fully saturated rings. The minimum Gasteiger partial charge on any atom is -0.362 e. The van der Waals surface area contributed by atoms with E-state index in [-0.39, 0.29) is 0 Å². The number of rotatable bonds is 3. The Kier molecular flexibility index (Phi) is 3.40. The molecule has 1 aliphatic rings. The maximum Gasteiger partial charge on any atom is 0.152 e. The monoisotopic (exact) mass is 277 g/mol. The van der Waals surface area contributed by atoms with Crippen molar-refractivity contribution < 1.29 is 0 Å². The molecule has 0 radical (unpaired) electrons. The summed E-state index contributed by atoms with van der Waals surface area (Å²) in [5.41, 5.74) is 7.79. The fourth-order valence-electron chi connectivity index (χ4n) is 2.38. The van der Waals surface area contributed by atoms with E-state index in [1.807, 2.05) is 6.07 Å². The topological polar surface area (TPSA) is 60.0 Å². The van der Waals surface area contributed by atoms with Gasteiger partial charge >= 0.3 is 0 Å². The number of fused-ring (bicyclic) bond motifs is 1. The van der Waals surface area contributed by atoms with Crippen LogP contribution in [0.1, 0.15) is 11.4 Å². The summed E-state index contributed by atoms with van der Waals surface area (Å²) in [4.78, 5) is 2.27. The summed E-state index contributed by atoms with van der Waals surface area (Å²) < 4.78 is 2.08. The van der Waals surface area contributed by atoms with Gasteiger partial charge in [-0.15, -0.1) is 10.2 Å². The molecule has 6 heteroatoms. The highest BCUT2D eigenvalue weighted by Crippen LogP contribution is 2.26. The van der Waals surface area contributed by atoms with E-state index in [1.165, 1.54) is 0 Å². The zero-order valence-corrected chi connectivity index (χ0v) is 11.3. The minimum atomic E-state index is 0.617. The maximum atomic E-state index is 6.29. The Labute approximate surface area is 117 Å². The molecule has 2 heterocycles. The van der Waals surface area contributed by atoms with E-state index in [0.29, 0.717) is 6.54 Å². The van der Waals surface area contributed by atoms with Gasteiger partial charge in [0.15, 0.2) is 5.82 Å². The first-order valence-electron chi connectivity index (χ1n) is 6.38. The second-order valence-corrected chi connectivity index (χ2v) is 5.08. The van der Waals surface area contributed by atoms with Crippen LogP contribution in [0.15, 0.2) is 24.5 Å². The van der Waals surface area contributed by atoms with Crippen LogP contribution in [0.4, 0.5) is 5.69 Å². The number of hydrogen-bond donors (Lipinski definition) is 1. The van der Waals surface area contributed by atoms with Crippen LogP contribution in [0, 0.1) is 0 Å². The summed E-state index contributed by atoms with van der Waals surface area (Å²) in [6, 6.07) is 6.17. The van der Waals surface area contributed by atoms with E-state index in [4.69, 9.17) is 17.3 Å². The van der Waals surface area contributed by atoms with Gasteiger partial charge in [0.25, 0.3) is 0 Å². The normalized spacial score (nSPS) is 14.5. The van der Waals surface area contributed by atoms with E-state index in [0.717, 1.165) is 48.2 Å². The minimum absolute atomic E-state index is 0.617. The molecule has 0 amide bonds. The van der Waals surface area contributed by atoms with Gasteiger partial charge in [-0.2, -0.15) is 0 Å². The highest BCUT2D eigenvalue weighted by atomic mass is 35.5. The molecule has 2 N–H and O–H groups in total. The SMILES string of the molecule is NCCc1ccc(N2CCn3cnnc3C2)cc1Cl. The standard InChI is InChI=1S/C13H16ClN5/c14-12-7-11(2-1-10(12)3-4-15)18-5-6-19-9-16-17-13(19)8-18/h1-2,7,9H,3-6,8,15H2. The molecule has 0 atom stereocenters. The largest absolute Gasteiger partial charge is 0.362 e. The first-order chi connectivity index (χ1) is 9.28. The van der Waals surface area contributed by atoms with Crippen molar-refractivity contribution in [2.45, 2.75) is 19.5 Å². The zero-order chi connectivity index (χ0) is 13.2. The van der Waals surface area contributed by atoms with Gasteiger partial charge in [-0.3, -0.25) is 0 Å². The van der Waals surface area contributed by atoms with Crippen LogP contribution in [0.3, 0.4) is 0 Å². The molecule has 3 rings (SSSR count). The van der Waals surface area contributed by atoms with Crippen LogP contribution in [0.25, 0.3) is 0 Å². The van der Waals surface area contributed by atoms with Crippen molar-refractivity contribution in [3.8, 4) is 0 Å². The van der Waals surface area contributed by atoms with Gasteiger partial charge in [0, 0.05) is 23.8 Å². The first kappa shape index (κ1) is 12.4. The highest BCUT2D eigenvalue weighted by molar-refractivity contribution is 6.31. The molecule has 0 bridgehead atoms. The molecule has 0 spiro atoms. The Morgan fingerprint density at radius 2 is 2.21 bits per heavy atom. The number of nitrogens with two attached hydrogens (primary N) is 1. The number of anilines is 1. The van der Waals surface area contributed by atoms with Crippen molar-refractivity contribution in [2.75, 3.05) is 18.0 Å². The second kappa shape index (κ2) is 5.19. The molecule has 1 aromatic carbocycles. The van der Waals surface area contributed by atoms with Crippen LogP contribution in [0.2, 0.25) is 5.02 Å². The number of hydrogen-bond acceptors (Lipinski definition) is 4. The highest BCUT2D eigenvalue weighted by Gasteiger charge is 2.18. The Balaban J connectivity index is 1.82. The number of halogens is 1. The first-order valence-corrected chi connectivity index (χ1v) is 6.76. The molecular formula is C13H16ClN5. The molecule has 2 aromatic rings. The molecule has 1 aromatic heterocycles. The second-order valence-electron chi connectivity index (χ2n) is 4.68. The fraction of sp³-hybridized carbons (Fsp3) is 0.385. The van der Waals surface area contributed by atoms with Crippen LogP contribution in [0.5, 0.6) is 0 Å². The third-order valence-electron chi connectivity index (χ3n) is 3.45. The molecule has 0 saturated heterocycles. The van der Waals surface area contributed by atoms with E-state index in [1.54, 1.807) is 6.33 Å². The smallest absolute Gasteiger partial charge is 0.152 e. The van der Waals surface area contributed by atoms with E-state index in [2.05, 4.69) is 31.8 Å². The lowest BCUT2D eigenvalue weighted by Crippen LogP contribution is -2.33. The molecule has 100 valence electrons. The summed E-state index contributed by atoms with van der Waals surface area (Å²) in [6.07, 6.45) is 2.59. The van der Waals surface area contributed by atoms with Crippen molar-refractivity contribution in [1.82, 2.24) is 14.8 Å². The molecule has 5 nitrogen and oxygen atoms in total. The van der Waals surface area contributed by atoms with Crippen LogP contribution < -0.4 is 10.6 Å². The Hall–Kier alpha value is -1.59. The van der Waals surface area contributed by atoms with E-state index < -0.39 is 0 Å². The Morgan fingerprint density at radius 3 is 3.00 bits per heavy atom. The van der Waals surface area contributed by atoms with Gasteiger partial charge in [-0.05, 0) is 30.7 Å². The predicted molar refractivity (Wildman–Crippen MR) is 75.3 cm³/mol. The van der Waals surface area contributed by atoms with Crippen LogP contribution >= 0.6 is 11.6 Å². The zero-order valence-electron chi connectivity index (χ0n) is 10.6. The lowest BCUT2D eigenvalue weighted by Gasteiger charge is -2.29. The van der Waals surface area contributed by atoms with Gasteiger partial charge in [0.05, 0.1) is 6.54 Å². The van der Waals surface area contributed by atoms with Crippen molar-refractivity contribution >= 4 is 17.3 Å². The number of aromatic nitrogens is 3. The molecule has 19 heavy (non-hydrogen) atoms. The van der Waals surface area contributed by atoms with Crippen molar-refractivity contribution in [3.63, 3.8) is 0 Å². The average Bonchev–Trinajstić information content (AvgIpc) is 2.88. The van der Waals surface area contributed by atoms with Gasteiger partial charge in [-0.25, -0.2) is 0 Å². The Bertz CT molecular complexity index is 580. The van der Waals surface area contributed by atoms with Gasteiger partial charge in [-0.1, -0.05) is 17.7 Å². The molecular weight excluding hydrogens is 262 g/mol. The quantitative estimate of drug-likeness (QED) is 0.923. The lowest BCUT2D eigenvalue weighted by molar-refractivity contribution is 0.560. The summed E-state index contributed by atoms with van der Waals surface area (Å²) in [7, 11) is 0. The van der Waals surface area contributed by atoms with E-state index in [9.17, 15) is 0 Å². The summed E-state index contributed by atoms with van der Waals surface area (Å²) in [6.45, 7) is 3.24. The van der Waals surface area contributed by atoms with Crippen LogP contribution in [-0.4, -0.2) is 27.9 Å². The fourth-order valence-corrected chi connectivity index (χ4v) is 2.65. The van der Waals surface area contributed by atoms with Crippen LogP contribution in [-0.2, 0) is 19.5 Å². The third kappa shape index (κ3) is 2.43. The Morgan fingerprint density at radius 1 is 1.32 bits per heavy atom. The van der Waals surface area contributed by atoms with Gasteiger partial charge in [0.1, 0.15) is 6.33 Å². The maximum absolute atomic E-state index is 6.29. The van der Waals surface area contributed by atoms with Crippen molar-refractivity contribution in [1.29, 1.82) is 0 Å². The number of benzene rings is 1. The van der Waals surface area contributed by atoms with Crippen molar-refractivity contribution in [2.24, 2.45) is 5.73 Å². The molecule has 1 aliphatic heterocycles. The summed E-state index contributed by atoms with van der Waals surface area (Å²) >= 11 is 6.29. The predicted octanol–water partition coefficient (Wildman–Crippen LogP) is 1.45. The lowest BCUT2D eigenvalue weighted by atomic mass is 10.1. The van der Waals surface area contributed by atoms with Gasteiger partial charge < -0.3 is 15.2 Å². The van der Waals surface area contributed by atoms with E-state index >= 15 is 0 Å². The average molecular weight is 278 g/mol.